The first-order chi connectivity index (χ1) is 12.8. The number of fused-ring (bicyclic) bond motifs is 2. The van der Waals surface area contributed by atoms with Crippen molar-refractivity contribution in [3.8, 4) is 0 Å². The number of benzene rings is 2. The lowest BCUT2D eigenvalue weighted by Crippen LogP contribution is -2.39. The molecule has 0 spiro atoms. The molecule has 1 aliphatic heterocycles. The molecule has 1 unspecified atom stereocenters. The summed E-state index contributed by atoms with van der Waals surface area (Å²) < 4.78 is 9.14. The highest BCUT2D eigenvalue weighted by molar-refractivity contribution is 5.74. The molecule has 0 bridgehead atoms. The summed E-state index contributed by atoms with van der Waals surface area (Å²) in [4.78, 5) is 14.7. The summed E-state index contributed by atoms with van der Waals surface area (Å²) in [5.74, 6) is -0.274. The molecule has 1 atom stereocenters. The van der Waals surface area contributed by atoms with Crippen LogP contribution in [0, 0.1) is 0 Å². The van der Waals surface area contributed by atoms with Gasteiger partial charge < -0.3 is 4.42 Å². The van der Waals surface area contributed by atoms with Crippen LogP contribution in [-0.2, 0) is 6.67 Å². The fourth-order valence-corrected chi connectivity index (χ4v) is 3.91. The van der Waals surface area contributed by atoms with Gasteiger partial charge in [-0.1, -0.05) is 29.5 Å². The lowest BCUT2D eigenvalue weighted by molar-refractivity contribution is 0.134. The predicted octanol–water partition coefficient (Wildman–Crippen LogP) is 2.63. The molecular formula is C19H19N5O2. The van der Waals surface area contributed by atoms with Crippen LogP contribution in [0.5, 0.6) is 0 Å². The number of nitrogens with zero attached hydrogens (tertiary/aromatic N) is 5. The first kappa shape index (κ1) is 15.3. The molecule has 2 aromatic carbocycles. The molecule has 1 fully saturated rings. The molecule has 5 rings (SSSR count). The summed E-state index contributed by atoms with van der Waals surface area (Å²) in [7, 11) is 0. The fraction of sp³-hybridized carbons (Fsp3) is 0.316. The lowest BCUT2D eigenvalue weighted by Gasteiger charge is -2.32. The molecule has 0 radical (unpaired) electrons. The Bertz CT molecular complexity index is 1130. The zero-order valence-corrected chi connectivity index (χ0v) is 14.3. The molecule has 4 aromatic rings. The molecule has 7 nitrogen and oxygen atoms in total. The first-order valence-electron chi connectivity index (χ1n) is 8.90. The van der Waals surface area contributed by atoms with Gasteiger partial charge in [-0.25, -0.2) is 9.48 Å². The summed E-state index contributed by atoms with van der Waals surface area (Å²) >= 11 is 0. The average Bonchev–Trinajstić information content (AvgIpc) is 3.22. The number of rotatable bonds is 3. The molecule has 0 saturated carbocycles. The van der Waals surface area contributed by atoms with Gasteiger partial charge in [0.1, 0.15) is 5.52 Å². The van der Waals surface area contributed by atoms with Gasteiger partial charge >= 0.3 is 5.76 Å². The number of hydrogen-bond acceptors (Lipinski definition) is 5. The van der Waals surface area contributed by atoms with E-state index in [-0.39, 0.29) is 11.8 Å². The summed E-state index contributed by atoms with van der Waals surface area (Å²) in [5.41, 5.74) is 3.45. The largest absolute Gasteiger partial charge is 0.420 e. The van der Waals surface area contributed by atoms with Crippen molar-refractivity contribution in [1.82, 2.24) is 24.5 Å². The Labute approximate surface area is 149 Å². The highest BCUT2D eigenvalue weighted by Gasteiger charge is 2.25. The molecule has 7 heteroatoms. The van der Waals surface area contributed by atoms with Crippen LogP contribution < -0.4 is 5.76 Å². The summed E-state index contributed by atoms with van der Waals surface area (Å²) in [6.45, 7) is 2.44. The van der Waals surface area contributed by atoms with Gasteiger partial charge in [0.15, 0.2) is 5.58 Å². The Balaban J connectivity index is 1.43. The van der Waals surface area contributed by atoms with Gasteiger partial charge in [-0.05, 0) is 37.1 Å². The summed E-state index contributed by atoms with van der Waals surface area (Å²) in [6, 6.07) is 15.7. The summed E-state index contributed by atoms with van der Waals surface area (Å²) in [5, 5.41) is 8.51. The SMILES string of the molecule is O=c1oc2ccccc2n1C1CCCN(Cn2nnc3ccccc32)C1. The van der Waals surface area contributed by atoms with Crippen molar-refractivity contribution in [1.29, 1.82) is 0 Å². The van der Waals surface area contributed by atoms with Crippen molar-refractivity contribution in [2.45, 2.75) is 25.6 Å². The van der Waals surface area contributed by atoms with Crippen LogP contribution in [0.1, 0.15) is 18.9 Å². The number of oxazole rings is 1. The molecule has 1 aliphatic rings. The average molecular weight is 349 g/mol. The van der Waals surface area contributed by atoms with E-state index < -0.39 is 0 Å². The number of piperidine rings is 1. The fourth-order valence-electron chi connectivity index (χ4n) is 3.91. The first-order valence-corrected chi connectivity index (χ1v) is 8.90. The van der Waals surface area contributed by atoms with E-state index in [2.05, 4.69) is 15.2 Å². The van der Waals surface area contributed by atoms with Crippen molar-refractivity contribution < 1.29 is 4.42 Å². The van der Waals surface area contributed by atoms with Gasteiger partial charge in [0, 0.05) is 13.1 Å². The zero-order chi connectivity index (χ0) is 17.5. The van der Waals surface area contributed by atoms with Crippen LogP contribution in [0.3, 0.4) is 0 Å². The maximum atomic E-state index is 12.4. The number of hydrogen-bond donors (Lipinski definition) is 0. The van der Waals surface area contributed by atoms with E-state index in [1.807, 2.05) is 53.2 Å². The Morgan fingerprint density at radius 2 is 1.88 bits per heavy atom. The van der Waals surface area contributed by atoms with E-state index in [0.717, 1.165) is 42.5 Å². The Hall–Kier alpha value is -2.93. The van der Waals surface area contributed by atoms with Crippen molar-refractivity contribution in [3.05, 3.63) is 59.1 Å². The third-order valence-electron chi connectivity index (χ3n) is 5.12. The van der Waals surface area contributed by atoms with Gasteiger partial charge in [0.25, 0.3) is 0 Å². The number of aromatic nitrogens is 4. The monoisotopic (exact) mass is 349 g/mol. The van der Waals surface area contributed by atoms with Crippen LogP contribution in [0.15, 0.2) is 57.7 Å². The Morgan fingerprint density at radius 3 is 2.81 bits per heavy atom. The molecule has 0 aliphatic carbocycles. The normalized spacial score (nSPS) is 18.7. The molecule has 26 heavy (non-hydrogen) atoms. The quantitative estimate of drug-likeness (QED) is 0.569. The minimum atomic E-state index is -0.274. The number of likely N-dealkylation sites (tertiary alicyclic amines) is 1. The smallest absolute Gasteiger partial charge is 0.408 e. The topological polar surface area (TPSA) is 69.1 Å². The second kappa shape index (κ2) is 6.10. The highest BCUT2D eigenvalue weighted by atomic mass is 16.4. The van der Waals surface area contributed by atoms with Crippen molar-refractivity contribution in [3.63, 3.8) is 0 Å². The van der Waals surface area contributed by atoms with Crippen molar-refractivity contribution >= 4 is 22.1 Å². The van der Waals surface area contributed by atoms with Gasteiger partial charge in [-0.3, -0.25) is 9.47 Å². The van der Waals surface area contributed by atoms with E-state index >= 15 is 0 Å². The lowest BCUT2D eigenvalue weighted by atomic mass is 10.1. The van der Waals surface area contributed by atoms with E-state index in [0.29, 0.717) is 12.3 Å². The minimum absolute atomic E-state index is 0.106. The van der Waals surface area contributed by atoms with Gasteiger partial charge in [-0.15, -0.1) is 5.10 Å². The second-order valence-electron chi connectivity index (χ2n) is 6.80. The maximum Gasteiger partial charge on any atom is 0.420 e. The predicted molar refractivity (Wildman–Crippen MR) is 97.8 cm³/mol. The van der Waals surface area contributed by atoms with E-state index in [9.17, 15) is 4.79 Å². The Kier molecular flexibility index (Phi) is 3.60. The highest BCUT2D eigenvalue weighted by Crippen LogP contribution is 2.25. The molecule has 0 N–H and O–H groups in total. The molecule has 2 aromatic heterocycles. The standard InChI is InChI=1S/C19H19N5O2/c25-19-24(17-9-3-4-10-18(17)26-19)14-6-5-11-22(12-14)13-23-16-8-2-1-7-15(16)20-21-23/h1-4,7-10,14H,5-6,11-13H2. The zero-order valence-electron chi connectivity index (χ0n) is 14.3. The molecule has 132 valence electrons. The van der Waals surface area contributed by atoms with Gasteiger partial charge in [-0.2, -0.15) is 0 Å². The van der Waals surface area contributed by atoms with Crippen LogP contribution in [0.25, 0.3) is 22.1 Å². The van der Waals surface area contributed by atoms with Crippen LogP contribution in [0.4, 0.5) is 0 Å². The minimum Gasteiger partial charge on any atom is -0.408 e. The van der Waals surface area contributed by atoms with E-state index in [4.69, 9.17) is 4.42 Å². The Morgan fingerprint density at radius 1 is 1.08 bits per heavy atom. The van der Waals surface area contributed by atoms with E-state index in [1.165, 1.54) is 0 Å². The number of para-hydroxylation sites is 3. The second-order valence-corrected chi connectivity index (χ2v) is 6.80. The van der Waals surface area contributed by atoms with Gasteiger partial charge in [0.05, 0.1) is 23.7 Å². The van der Waals surface area contributed by atoms with E-state index in [1.54, 1.807) is 4.57 Å². The third kappa shape index (κ3) is 2.52. The molecule has 1 saturated heterocycles. The molecule has 3 heterocycles. The summed E-state index contributed by atoms with van der Waals surface area (Å²) in [6.07, 6.45) is 2.00. The van der Waals surface area contributed by atoms with Crippen LogP contribution in [-0.4, -0.2) is 37.6 Å². The maximum absolute atomic E-state index is 12.4. The van der Waals surface area contributed by atoms with Crippen LogP contribution in [0.2, 0.25) is 0 Å². The molecular weight excluding hydrogens is 330 g/mol. The van der Waals surface area contributed by atoms with Crippen molar-refractivity contribution in [2.24, 2.45) is 0 Å². The van der Waals surface area contributed by atoms with Crippen molar-refractivity contribution in [2.75, 3.05) is 13.1 Å². The van der Waals surface area contributed by atoms with Gasteiger partial charge in [0.2, 0.25) is 0 Å². The third-order valence-corrected chi connectivity index (χ3v) is 5.12. The molecule has 0 amide bonds. The van der Waals surface area contributed by atoms with Crippen LogP contribution >= 0.6 is 0 Å².